The van der Waals surface area contributed by atoms with Crippen molar-refractivity contribution in [2.24, 2.45) is 5.92 Å². The highest BCUT2D eigenvalue weighted by molar-refractivity contribution is 5.44. The van der Waals surface area contributed by atoms with Crippen molar-refractivity contribution in [1.29, 1.82) is 0 Å². The number of ether oxygens (including phenoxy) is 3. The minimum atomic E-state index is 0.197. The van der Waals surface area contributed by atoms with Gasteiger partial charge in [0.25, 0.3) is 0 Å². The van der Waals surface area contributed by atoms with Gasteiger partial charge in [-0.2, -0.15) is 4.98 Å². The SMILES string of the molecule is Cc1noc(C[C@@H]2C[C@@H]3CN(Cc4ccc5c(c4)OCO5)C[C@@H]3O2)n1. The van der Waals surface area contributed by atoms with Gasteiger partial charge < -0.3 is 18.7 Å². The molecule has 3 aliphatic heterocycles. The van der Waals surface area contributed by atoms with Gasteiger partial charge in [0.1, 0.15) is 0 Å². The number of hydrogen-bond acceptors (Lipinski definition) is 7. The lowest BCUT2D eigenvalue weighted by atomic mass is 10.0. The monoisotopic (exact) mass is 343 g/mol. The van der Waals surface area contributed by atoms with Gasteiger partial charge in [-0.25, -0.2) is 0 Å². The molecule has 4 heterocycles. The highest BCUT2D eigenvalue weighted by Crippen LogP contribution is 2.36. The second-order valence-electron chi connectivity index (χ2n) is 7.11. The lowest BCUT2D eigenvalue weighted by Crippen LogP contribution is -2.25. The second kappa shape index (κ2) is 6.00. The number of fused-ring (bicyclic) bond motifs is 2. The third-order valence-corrected chi connectivity index (χ3v) is 5.20. The van der Waals surface area contributed by atoms with Crippen molar-refractivity contribution in [2.75, 3.05) is 19.9 Å². The first kappa shape index (κ1) is 15.2. The topological polar surface area (TPSA) is 69.9 Å². The highest BCUT2D eigenvalue weighted by Gasteiger charge is 2.42. The van der Waals surface area contributed by atoms with Crippen molar-refractivity contribution in [2.45, 2.75) is 38.5 Å². The van der Waals surface area contributed by atoms with Gasteiger partial charge in [-0.05, 0) is 31.0 Å². The minimum Gasteiger partial charge on any atom is -0.454 e. The highest BCUT2D eigenvalue weighted by atomic mass is 16.7. The van der Waals surface area contributed by atoms with E-state index < -0.39 is 0 Å². The molecule has 2 aromatic rings. The summed E-state index contributed by atoms with van der Waals surface area (Å²) in [6, 6.07) is 6.19. The minimum absolute atomic E-state index is 0.197. The third kappa shape index (κ3) is 2.98. The van der Waals surface area contributed by atoms with Crippen LogP contribution in [0.25, 0.3) is 0 Å². The van der Waals surface area contributed by atoms with E-state index >= 15 is 0 Å². The summed E-state index contributed by atoms with van der Waals surface area (Å²) < 4.78 is 22.3. The van der Waals surface area contributed by atoms with Gasteiger partial charge in [-0.15, -0.1) is 0 Å². The lowest BCUT2D eigenvalue weighted by molar-refractivity contribution is 0.0343. The maximum atomic E-state index is 6.23. The Labute approximate surface area is 145 Å². The zero-order chi connectivity index (χ0) is 16.8. The predicted octanol–water partition coefficient (Wildman–Crippen LogP) is 1.94. The maximum Gasteiger partial charge on any atom is 0.231 e. The molecule has 7 heteroatoms. The molecule has 0 spiro atoms. The van der Waals surface area contributed by atoms with Crippen molar-refractivity contribution < 1.29 is 18.7 Å². The first-order chi connectivity index (χ1) is 12.2. The maximum absolute atomic E-state index is 6.23. The summed E-state index contributed by atoms with van der Waals surface area (Å²) in [5.41, 5.74) is 1.25. The molecule has 132 valence electrons. The first-order valence-corrected chi connectivity index (χ1v) is 8.78. The Morgan fingerprint density at radius 1 is 1.20 bits per heavy atom. The molecule has 0 saturated carbocycles. The van der Waals surface area contributed by atoms with E-state index in [4.69, 9.17) is 18.7 Å². The molecule has 5 rings (SSSR count). The molecular formula is C18H21N3O4. The van der Waals surface area contributed by atoms with Crippen LogP contribution in [-0.2, 0) is 17.7 Å². The van der Waals surface area contributed by atoms with Crippen LogP contribution in [0, 0.1) is 12.8 Å². The zero-order valence-electron chi connectivity index (χ0n) is 14.2. The van der Waals surface area contributed by atoms with Gasteiger partial charge in [0.05, 0.1) is 18.6 Å². The molecule has 3 atom stereocenters. The molecule has 2 fully saturated rings. The van der Waals surface area contributed by atoms with Crippen LogP contribution < -0.4 is 9.47 Å². The van der Waals surface area contributed by atoms with E-state index in [1.54, 1.807) is 0 Å². The number of nitrogens with zero attached hydrogens (tertiary/aromatic N) is 3. The van der Waals surface area contributed by atoms with Crippen LogP contribution in [0.15, 0.2) is 22.7 Å². The molecule has 1 aromatic heterocycles. The van der Waals surface area contributed by atoms with Crippen LogP contribution in [0.3, 0.4) is 0 Å². The number of benzene rings is 1. The standard InChI is InChI=1S/C18H21N3O4/c1-11-19-18(25-20-11)6-14-5-13-8-21(9-17(13)24-14)7-12-2-3-15-16(4-12)23-10-22-15/h2-4,13-14,17H,5-10H2,1H3/t13-,14+,17+/m1/s1. The largest absolute Gasteiger partial charge is 0.454 e. The van der Waals surface area contributed by atoms with Crippen LogP contribution in [0.2, 0.25) is 0 Å². The van der Waals surface area contributed by atoms with E-state index in [0.29, 0.717) is 30.5 Å². The molecule has 25 heavy (non-hydrogen) atoms. The number of likely N-dealkylation sites (tertiary alicyclic amines) is 1. The fourth-order valence-electron chi connectivity index (χ4n) is 4.12. The smallest absolute Gasteiger partial charge is 0.231 e. The molecule has 0 N–H and O–H groups in total. The quantitative estimate of drug-likeness (QED) is 0.840. The average Bonchev–Trinajstić information content (AvgIpc) is 3.32. The molecule has 0 unspecified atom stereocenters. The average molecular weight is 343 g/mol. The Morgan fingerprint density at radius 2 is 2.12 bits per heavy atom. The van der Waals surface area contributed by atoms with E-state index in [-0.39, 0.29) is 6.10 Å². The van der Waals surface area contributed by atoms with Gasteiger partial charge in [0, 0.05) is 25.6 Å². The van der Waals surface area contributed by atoms with Gasteiger partial charge >= 0.3 is 0 Å². The van der Waals surface area contributed by atoms with E-state index in [0.717, 1.165) is 44.0 Å². The van der Waals surface area contributed by atoms with Crippen LogP contribution >= 0.6 is 0 Å². The van der Waals surface area contributed by atoms with Crippen molar-refractivity contribution >= 4 is 0 Å². The van der Waals surface area contributed by atoms with Gasteiger partial charge in [0.15, 0.2) is 17.3 Å². The van der Waals surface area contributed by atoms with Gasteiger partial charge in [0.2, 0.25) is 12.7 Å². The molecule has 1 aromatic carbocycles. The molecule has 3 aliphatic rings. The lowest BCUT2D eigenvalue weighted by Gasteiger charge is -2.18. The van der Waals surface area contributed by atoms with Crippen LogP contribution in [0.4, 0.5) is 0 Å². The molecule has 7 nitrogen and oxygen atoms in total. The van der Waals surface area contributed by atoms with Crippen molar-refractivity contribution in [3.05, 3.63) is 35.5 Å². The molecule has 0 aliphatic carbocycles. The van der Waals surface area contributed by atoms with Gasteiger partial charge in [-0.1, -0.05) is 11.2 Å². The summed E-state index contributed by atoms with van der Waals surface area (Å²) >= 11 is 0. The summed E-state index contributed by atoms with van der Waals surface area (Å²) in [4.78, 5) is 6.74. The number of aryl methyl sites for hydroxylation is 1. The fourth-order valence-corrected chi connectivity index (χ4v) is 4.12. The Bertz CT molecular complexity index is 763. The van der Waals surface area contributed by atoms with Crippen molar-refractivity contribution in [3.63, 3.8) is 0 Å². The van der Waals surface area contributed by atoms with Crippen LogP contribution in [0.5, 0.6) is 11.5 Å². The van der Waals surface area contributed by atoms with Crippen LogP contribution in [-0.4, -0.2) is 47.1 Å². The van der Waals surface area contributed by atoms with E-state index in [9.17, 15) is 0 Å². The van der Waals surface area contributed by atoms with E-state index in [1.165, 1.54) is 5.56 Å². The number of hydrogen-bond donors (Lipinski definition) is 0. The third-order valence-electron chi connectivity index (χ3n) is 5.20. The van der Waals surface area contributed by atoms with Crippen LogP contribution in [0.1, 0.15) is 23.7 Å². The first-order valence-electron chi connectivity index (χ1n) is 8.78. The Morgan fingerprint density at radius 3 is 2.96 bits per heavy atom. The fraction of sp³-hybridized carbons (Fsp3) is 0.556. The number of rotatable bonds is 4. The zero-order valence-corrected chi connectivity index (χ0v) is 14.2. The molecule has 0 bridgehead atoms. The Balaban J connectivity index is 1.17. The second-order valence-corrected chi connectivity index (χ2v) is 7.11. The number of aromatic nitrogens is 2. The summed E-state index contributed by atoms with van der Waals surface area (Å²) in [5, 5.41) is 3.85. The van der Waals surface area contributed by atoms with Gasteiger partial charge in [-0.3, -0.25) is 4.90 Å². The normalized spacial score (nSPS) is 27.8. The summed E-state index contributed by atoms with van der Waals surface area (Å²) in [7, 11) is 0. The Kier molecular flexibility index (Phi) is 3.64. The predicted molar refractivity (Wildman–Crippen MR) is 87.3 cm³/mol. The van der Waals surface area contributed by atoms with Crippen molar-refractivity contribution in [3.8, 4) is 11.5 Å². The van der Waals surface area contributed by atoms with Crippen molar-refractivity contribution in [1.82, 2.24) is 15.0 Å². The summed E-state index contributed by atoms with van der Waals surface area (Å²) in [5.74, 6) is 3.64. The van der Waals surface area contributed by atoms with E-state index in [1.807, 2.05) is 13.0 Å². The molecule has 0 radical (unpaired) electrons. The molecule has 2 saturated heterocycles. The Hall–Kier alpha value is -2.12. The van der Waals surface area contributed by atoms with E-state index in [2.05, 4.69) is 27.2 Å². The molecular weight excluding hydrogens is 322 g/mol. The molecule has 0 amide bonds. The summed E-state index contributed by atoms with van der Waals surface area (Å²) in [6.07, 6.45) is 2.28. The summed E-state index contributed by atoms with van der Waals surface area (Å²) in [6.45, 7) is 5.12.